The van der Waals surface area contributed by atoms with Crippen molar-refractivity contribution in [1.82, 2.24) is 5.32 Å². The number of nitrogens with one attached hydrogen (secondary N) is 1. The molecule has 2 heteroatoms. The van der Waals surface area contributed by atoms with Gasteiger partial charge in [0.2, 0.25) is 0 Å². The van der Waals surface area contributed by atoms with E-state index in [4.69, 9.17) is 4.74 Å². The van der Waals surface area contributed by atoms with Gasteiger partial charge in [0, 0.05) is 24.9 Å². The first kappa shape index (κ1) is 15.3. The van der Waals surface area contributed by atoms with Crippen LogP contribution in [0.5, 0.6) is 0 Å². The summed E-state index contributed by atoms with van der Waals surface area (Å²) >= 11 is 0. The number of hydrogen-bond donors (Lipinski definition) is 1. The molecule has 1 aliphatic rings. The molecule has 22 heavy (non-hydrogen) atoms. The molecule has 2 atom stereocenters. The first-order chi connectivity index (χ1) is 10.7. The van der Waals surface area contributed by atoms with Gasteiger partial charge in [-0.05, 0) is 25.0 Å². The van der Waals surface area contributed by atoms with E-state index in [0.29, 0.717) is 18.4 Å². The van der Waals surface area contributed by atoms with Gasteiger partial charge in [0.1, 0.15) is 0 Å². The summed E-state index contributed by atoms with van der Waals surface area (Å²) in [6.45, 7) is 7.92. The fraction of sp³-hybridized carbons (Fsp3) is 0.400. The maximum absolute atomic E-state index is 6.03. The highest BCUT2D eigenvalue weighted by Crippen LogP contribution is 2.28. The van der Waals surface area contributed by atoms with Gasteiger partial charge in [-0.25, -0.2) is 0 Å². The monoisotopic (exact) mass is 295 g/mol. The maximum atomic E-state index is 6.03. The minimum absolute atomic E-state index is 0.563. The van der Waals surface area contributed by atoms with Crippen LogP contribution in [0.2, 0.25) is 0 Å². The summed E-state index contributed by atoms with van der Waals surface area (Å²) in [5.74, 6) is 1.13. The molecule has 0 radical (unpaired) electrons. The molecule has 0 spiro atoms. The number of hydrogen-bond acceptors (Lipinski definition) is 2. The van der Waals surface area contributed by atoms with Crippen LogP contribution >= 0.6 is 0 Å². The van der Waals surface area contributed by atoms with E-state index in [1.807, 2.05) is 0 Å². The zero-order chi connectivity index (χ0) is 15.4. The summed E-state index contributed by atoms with van der Waals surface area (Å²) in [6.07, 6.45) is 0. The van der Waals surface area contributed by atoms with Gasteiger partial charge in [-0.2, -0.15) is 0 Å². The van der Waals surface area contributed by atoms with E-state index in [-0.39, 0.29) is 0 Å². The molecule has 2 aromatic rings. The predicted octanol–water partition coefficient (Wildman–Crippen LogP) is 3.82. The Labute approximate surface area is 133 Å². The van der Waals surface area contributed by atoms with Crippen LogP contribution in [0.3, 0.4) is 0 Å². The topological polar surface area (TPSA) is 21.3 Å². The van der Waals surface area contributed by atoms with Crippen molar-refractivity contribution < 1.29 is 4.74 Å². The van der Waals surface area contributed by atoms with E-state index in [1.165, 1.54) is 22.3 Å². The molecule has 0 unspecified atom stereocenters. The second-order valence-corrected chi connectivity index (χ2v) is 6.45. The molecule has 1 N–H and O–H groups in total. The van der Waals surface area contributed by atoms with Crippen molar-refractivity contribution in [3.8, 4) is 0 Å². The Bertz CT molecular complexity index is 588. The fourth-order valence-electron chi connectivity index (χ4n) is 3.48. The van der Waals surface area contributed by atoms with Crippen molar-refractivity contribution in [3.05, 3.63) is 70.8 Å². The molecule has 3 rings (SSSR count). The molecular formula is C20H25NO. The number of ether oxygens (including phenoxy) is 1. The summed E-state index contributed by atoms with van der Waals surface area (Å²) in [7, 11) is 0. The van der Waals surface area contributed by atoms with Gasteiger partial charge in [-0.1, -0.05) is 59.7 Å². The van der Waals surface area contributed by atoms with Crippen LogP contribution in [0.1, 0.15) is 28.2 Å². The SMILES string of the molecule is Cc1cc(C)cc(COC[C@@H]2CNC[C@H]2c2ccccc2)c1. The lowest BCUT2D eigenvalue weighted by molar-refractivity contribution is 0.0877. The zero-order valence-corrected chi connectivity index (χ0v) is 13.5. The van der Waals surface area contributed by atoms with Crippen LogP contribution in [0.15, 0.2) is 48.5 Å². The van der Waals surface area contributed by atoms with Gasteiger partial charge in [-0.3, -0.25) is 0 Å². The number of benzene rings is 2. The Morgan fingerprint density at radius 1 is 1.00 bits per heavy atom. The maximum Gasteiger partial charge on any atom is 0.0717 e. The van der Waals surface area contributed by atoms with E-state index < -0.39 is 0 Å². The smallest absolute Gasteiger partial charge is 0.0717 e. The van der Waals surface area contributed by atoms with Gasteiger partial charge in [-0.15, -0.1) is 0 Å². The van der Waals surface area contributed by atoms with Crippen molar-refractivity contribution >= 4 is 0 Å². The van der Waals surface area contributed by atoms with Crippen LogP contribution in [-0.4, -0.2) is 19.7 Å². The first-order valence-electron chi connectivity index (χ1n) is 8.13. The van der Waals surface area contributed by atoms with Gasteiger partial charge in [0.05, 0.1) is 13.2 Å². The van der Waals surface area contributed by atoms with Gasteiger partial charge < -0.3 is 10.1 Å². The van der Waals surface area contributed by atoms with Crippen LogP contribution in [0, 0.1) is 19.8 Å². The van der Waals surface area contributed by atoms with Crippen molar-refractivity contribution in [2.24, 2.45) is 5.92 Å². The molecule has 0 saturated carbocycles. The first-order valence-corrected chi connectivity index (χ1v) is 8.13. The lowest BCUT2D eigenvalue weighted by Crippen LogP contribution is -2.17. The molecule has 0 aliphatic carbocycles. The molecule has 1 heterocycles. The van der Waals surface area contributed by atoms with Crippen LogP contribution in [0.25, 0.3) is 0 Å². The molecule has 1 saturated heterocycles. The lowest BCUT2D eigenvalue weighted by atomic mass is 9.89. The highest BCUT2D eigenvalue weighted by molar-refractivity contribution is 5.28. The largest absolute Gasteiger partial charge is 0.376 e. The minimum Gasteiger partial charge on any atom is -0.376 e. The van der Waals surface area contributed by atoms with Crippen LogP contribution in [0.4, 0.5) is 0 Å². The Kier molecular flexibility index (Phi) is 4.91. The third kappa shape index (κ3) is 3.76. The molecule has 0 aromatic heterocycles. The van der Waals surface area contributed by atoms with E-state index in [0.717, 1.165) is 19.7 Å². The molecule has 2 aromatic carbocycles. The van der Waals surface area contributed by atoms with Gasteiger partial charge in [0.15, 0.2) is 0 Å². The second-order valence-electron chi connectivity index (χ2n) is 6.45. The van der Waals surface area contributed by atoms with Crippen LogP contribution < -0.4 is 5.32 Å². The fourth-order valence-corrected chi connectivity index (χ4v) is 3.48. The van der Waals surface area contributed by atoms with E-state index in [9.17, 15) is 0 Å². The standard InChI is InChI=1S/C20H25NO/c1-15-8-16(2)10-17(9-15)13-22-14-19-11-21-12-20(19)18-6-4-3-5-7-18/h3-10,19-21H,11-14H2,1-2H3/t19-,20-/m0/s1. The number of aryl methyl sites for hydroxylation is 2. The summed E-state index contributed by atoms with van der Waals surface area (Å²) in [4.78, 5) is 0. The molecule has 1 fully saturated rings. The van der Waals surface area contributed by atoms with Crippen molar-refractivity contribution in [2.45, 2.75) is 26.4 Å². The Morgan fingerprint density at radius 3 is 2.45 bits per heavy atom. The normalized spacial score (nSPS) is 21.2. The van der Waals surface area contributed by atoms with Gasteiger partial charge >= 0.3 is 0 Å². The average molecular weight is 295 g/mol. The Hall–Kier alpha value is -1.64. The average Bonchev–Trinajstić information content (AvgIpc) is 2.96. The number of rotatable bonds is 5. The van der Waals surface area contributed by atoms with Crippen molar-refractivity contribution in [3.63, 3.8) is 0 Å². The third-order valence-corrected chi connectivity index (χ3v) is 4.45. The summed E-state index contributed by atoms with van der Waals surface area (Å²) in [6, 6.07) is 17.4. The quantitative estimate of drug-likeness (QED) is 0.905. The Morgan fingerprint density at radius 2 is 1.73 bits per heavy atom. The van der Waals surface area contributed by atoms with Crippen molar-refractivity contribution in [2.75, 3.05) is 19.7 Å². The highest BCUT2D eigenvalue weighted by atomic mass is 16.5. The summed E-state index contributed by atoms with van der Waals surface area (Å²) in [5.41, 5.74) is 5.32. The highest BCUT2D eigenvalue weighted by Gasteiger charge is 2.28. The van der Waals surface area contributed by atoms with Crippen molar-refractivity contribution in [1.29, 1.82) is 0 Å². The molecular weight excluding hydrogens is 270 g/mol. The molecule has 2 nitrogen and oxygen atoms in total. The van der Waals surface area contributed by atoms with Gasteiger partial charge in [0.25, 0.3) is 0 Å². The lowest BCUT2D eigenvalue weighted by Gasteiger charge is -2.19. The third-order valence-electron chi connectivity index (χ3n) is 4.45. The molecule has 0 bridgehead atoms. The molecule has 116 valence electrons. The molecule has 0 amide bonds. The summed E-state index contributed by atoms with van der Waals surface area (Å²) in [5, 5.41) is 3.51. The Balaban J connectivity index is 1.56. The predicted molar refractivity (Wildman–Crippen MR) is 91.1 cm³/mol. The van der Waals surface area contributed by atoms with E-state index in [2.05, 4.69) is 67.7 Å². The minimum atomic E-state index is 0.563. The van der Waals surface area contributed by atoms with E-state index in [1.54, 1.807) is 0 Å². The molecule has 1 aliphatic heterocycles. The van der Waals surface area contributed by atoms with Crippen LogP contribution in [-0.2, 0) is 11.3 Å². The summed E-state index contributed by atoms with van der Waals surface area (Å²) < 4.78 is 6.03. The second kappa shape index (κ2) is 7.08. The van der Waals surface area contributed by atoms with E-state index >= 15 is 0 Å². The zero-order valence-electron chi connectivity index (χ0n) is 13.5.